The molecule has 0 saturated carbocycles. The summed E-state index contributed by atoms with van der Waals surface area (Å²) in [5.74, 6) is -0.0963. The van der Waals surface area contributed by atoms with Gasteiger partial charge in [-0.25, -0.2) is 0 Å². The zero-order valence-electron chi connectivity index (χ0n) is 13.4. The molecule has 0 radical (unpaired) electrons. The molecule has 120 valence electrons. The summed E-state index contributed by atoms with van der Waals surface area (Å²) < 4.78 is 10.4. The van der Waals surface area contributed by atoms with Crippen LogP contribution in [0.4, 0.5) is 0 Å². The molecule has 0 spiro atoms. The minimum Gasteiger partial charge on any atom is -0.353 e. The third kappa shape index (κ3) is 3.25. The maximum Gasteiger partial charge on any atom is 0.251 e. The molecule has 3 aromatic rings. The highest BCUT2D eigenvalue weighted by atomic mass is 32.1. The van der Waals surface area contributed by atoms with E-state index in [4.69, 9.17) is 0 Å². The zero-order valence-corrected chi connectivity index (χ0v) is 14.2. The molecule has 2 heterocycles. The van der Waals surface area contributed by atoms with Gasteiger partial charge in [-0.3, -0.25) is 9.69 Å². The van der Waals surface area contributed by atoms with Crippen molar-refractivity contribution in [3.63, 3.8) is 0 Å². The van der Waals surface area contributed by atoms with E-state index in [1.54, 1.807) is 12.1 Å². The van der Waals surface area contributed by atoms with Gasteiger partial charge in [0.05, 0.1) is 17.8 Å². The van der Waals surface area contributed by atoms with Crippen LogP contribution in [0.1, 0.15) is 22.1 Å². The summed E-state index contributed by atoms with van der Waals surface area (Å²) in [6.07, 6.45) is 2.01. The highest BCUT2D eigenvalue weighted by molar-refractivity contribution is 7.00. The van der Waals surface area contributed by atoms with Crippen molar-refractivity contribution in [3.8, 4) is 0 Å². The highest BCUT2D eigenvalue weighted by Gasteiger charge is 2.18. The first-order chi connectivity index (χ1) is 11.1. The number of carbonyl (C=O) groups excluding carboxylic acids is 1. The van der Waals surface area contributed by atoms with Gasteiger partial charge in [0.25, 0.3) is 5.91 Å². The average molecular weight is 329 g/mol. The van der Waals surface area contributed by atoms with Crippen molar-refractivity contribution in [2.75, 3.05) is 20.6 Å². The second kappa shape index (κ2) is 6.47. The van der Waals surface area contributed by atoms with Crippen LogP contribution in [-0.4, -0.2) is 44.8 Å². The summed E-state index contributed by atoms with van der Waals surface area (Å²) in [5, 5.41) is 3.01. The first-order valence-corrected chi connectivity index (χ1v) is 8.07. The number of fused-ring (bicyclic) bond motifs is 1. The number of aromatic nitrogens is 3. The van der Waals surface area contributed by atoms with E-state index >= 15 is 0 Å². The van der Waals surface area contributed by atoms with Crippen LogP contribution >= 0.6 is 11.7 Å². The molecule has 1 amide bonds. The Bertz CT molecular complexity index is 823. The number of hydrogen-bond acceptors (Lipinski definition) is 5. The summed E-state index contributed by atoms with van der Waals surface area (Å²) >= 11 is 1.15. The first-order valence-electron chi connectivity index (χ1n) is 7.34. The van der Waals surface area contributed by atoms with E-state index < -0.39 is 0 Å². The Labute approximate surface area is 139 Å². The van der Waals surface area contributed by atoms with Gasteiger partial charge in [0, 0.05) is 31.0 Å². The molecule has 6 nitrogen and oxygen atoms in total. The number of hydrogen-bond donors (Lipinski definition) is 1. The van der Waals surface area contributed by atoms with Crippen LogP contribution in [0.5, 0.6) is 0 Å². The van der Waals surface area contributed by atoms with E-state index in [1.807, 2.05) is 39.5 Å². The molecule has 0 aliphatic rings. The summed E-state index contributed by atoms with van der Waals surface area (Å²) in [5.41, 5.74) is 3.35. The second-order valence-electron chi connectivity index (χ2n) is 5.70. The first kappa shape index (κ1) is 15.6. The number of aryl methyl sites for hydroxylation is 1. The Morgan fingerprint density at radius 2 is 2.09 bits per heavy atom. The minimum absolute atomic E-state index is 0.0963. The third-order valence-corrected chi connectivity index (χ3v) is 4.48. The largest absolute Gasteiger partial charge is 0.353 e. The number of amides is 1. The average Bonchev–Trinajstić information content (AvgIpc) is 3.15. The molecule has 0 bridgehead atoms. The van der Waals surface area contributed by atoms with Crippen LogP contribution in [0.15, 0.2) is 36.5 Å². The van der Waals surface area contributed by atoms with Crippen LogP contribution in [0, 0.1) is 0 Å². The summed E-state index contributed by atoms with van der Waals surface area (Å²) in [4.78, 5) is 14.5. The van der Waals surface area contributed by atoms with Crippen LogP contribution in [0.25, 0.3) is 11.0 Å². The number of nitrogens with zero attached hydrogens (tertiary/aromatic N) is 4. The van der Waals surface area contributed by atoms with E-state index in [0.29, 0.717) is 12.1 Å². The zero-order chi connectivity index (χ0) is 16.4. The fourth-order valence-electron chi connectivity index (χ4n) is 2.59. The second-order valence-corrected chi connectivity index (χ2v) is 6.23. The monoisotopic (exact) mass is 329 g/mol. The van der Waals surface area contributed by atoms with E-state index in [-0.39, 0.29) is 11.9 Å². The molecule has 1 aromatic carbocycles. The van der Waals surface area contributed by atoms with Crippen LogP contribution < -0.4 is 5.32 Å². The van der Waals surface area contributed by atoms with Crippen molar-refractivity contribution >= 4 is 28.7 Å². The Morgan fingerprint density at radius 3 is 2.78 bits per heavy atom. The lowest BCUT2D eigenvalue weighted by molar-refractivity contribution is 0.0941. The molecule has 0 saturated heterocycles. The maximum atomic E-state index is 12.4. The number of rotatable bonds is 5. The molecule has 0 aliphatic carbocycles. The van der Waals surface area contributed by atoms with Gasteiger partial charge in [-0.1, -0.05) is 0 Å². The molecule has 0 fully saturated rings. The molecular weight excluding hydrogens is 310 g/mol. The molecular formula is C16H19N5OS. The van der Waals surface area contributed by atoms with Gasteiger partial charge in [-0.2, -0.15) is 8.75 Å². The predicted octanol–water partition coefficient (Wildman–Crippen LogP) is 2.06. The van der Waals surface area contributed by atoms with Gasteiger partial charge in [-0.05, 0) is 44.4 Å². The van der Waals surface area contributed by atoms with Crippen molar-refractivity contribution in [3.05, 3.63) is 47.8 Å². The third-order valence-electron chi connectivity index (χ3n) is 3.92. The smallest absolute Gasteiger partial charge is 0.251 e. The van der Waals surface area contributed by atoms with Crippen molar-refractivity contribution in [1.82, 2.24) is 23.5 Å². The lowest BCUT2D eigenvalue weighted by Gasteiger charge is -2.25. The number of likely N-dealkylation sites (N-methyl/N-ethyl adjacent to an activating group) is 1. The molecule has 0 aliphatic heterocycles. The molecule has 2 aromatic heterocycles. The van der Waals surface area contributed by atoms with Gasteiger partial charge in [0.15, 0.2) is 0 Å². The van der Waals surface area contributed by atoms with Gasteiger partial charge in [0.1, 0.15) is 11.0 Å². The Morgan fingerprint density at radius 1 is 1.30 bits per heavy atom. The van der Waals surface area contributed by atoms with Crippen molar-refractivity contribution in [2.24, 2.45) is 7.05 Å². The number of benzene rings is 1. The topological polar surface area (TPSA) is 63.1 Å². The minimum atomic E-state index is -0.0963. The fourth-order valence-corrected chi connectivity index (χ4v) is 3.10. The lowest BCUT2D eigenvalue weighted by Crippen LogP contribution is -2.35. The van der Waals surface area contributed by atoms with E-state index in [0.717, 1.165) is 28.5 Å². The lowest BCUT2D eigenvalue weighted by atomic mass is 10.1. The predicted molar refractivity (Wildman–Crippen MR) is 91.6 cm³/mol. The van der Waals surface area contributed by atoms with Crippen LogP contribution in [0.2, 0.25) is 0 Å². The van der Waals surface area contributed by atoms with Crippen molar-refractivity contribution in [1.29, 1.82) is 0 Å². The quantitative estimate of drug-likeness (QED) is 0.778. The highest BCUT2D eigenvalue weighted by Crippen LogP contribution is 2.18. The molecule has 0 unspecified atom stereocenters. The standard InChI is InChI=1S/C16H19N5OS/c1-20(2)15(14-5-4-8-21(14)3)10-17-16(22)11-6-7-12-13(9-11)19-23-18-12/h4-9,15H,10H2,1-3H3,(H,17,22)/t15-/m1/s1. The molecule has 1 N–H and O–H groups in total. The van der Waals surface area contributed by atoms with Gasteiger partial charge in [-0.15, -0.1) is 0 Å². The van der Waals surface area contributed by atoms with Crippen molar-refractivity contribution < 1.29 is 4.79 Å². The number of carbonyl (C=O) groups is 1. The summed E-state index contributed by atoms with van der Waals surface area (Å²) in [6, 6.07) is 9.59. The molecule has 3 rings (SSSR count). The van der Waals surface area contributed by atoms with E-state index in [1.165, 1.54) is 0 Å². The SMILES string of the molecule is CN(C)[C@H](CNC(=O)c1ccc2nsnc2c1)c1cccn1C. The molecule has 23 heavy (non-hydrogen) atoms. The number of nitrogens with one attached hydrogen (secondary N) is 1. The summed E-state index contributed by atoms with van der Waals surface area (Å²) in [7, 11) is 6.03. The van der Waals surface area contributed by atoms with Crippen LogP contribution in [0.3, 0.4) is 0 Å². The van der Waals surface area contributed by atoms with E-state index in [9.17, 15) is 4.79 Å². The molecule has 1 atom stereocenters. The van der Waals surface area contributed by atoms with Gasteiger partial charge < -0.3 is 9.88 Å². The molecule has 7 heteroatoms. The van der Waals surface area contributed by atoms with Gasteiger partial charge in [0.2, 0.25) is 0 Å². The van der Waals surface area contributed by atoms with Gasteiger partial charge >= 0.3 is 0 Å². The Hall–Kier alpha value is -2.25. The van der Waals surface area contributed by atoms with E-state index in [2.05, 4.69) is 29.6 Å². The maximum absolute atomic E-state index is 12.4. The van der Waals surface area contributed by atoms with Crippen LogP contribution in [-0.2, 0) is 7.05 Å². The van der Waals surface area contributed by atoms with Crippen molar-refractivity contribution in [2.45, 2.75) is 6.04 Å². The Balaban J connectivity index is 1.72. The Kier molecular flexibility index (Phi) is 4.40. The fraction of sp³-hybridized carbons (Fsp3) is 0.312. The summed E-state index contributed by atoms with van der Waals surface area (Å²) in [6.45, 7) is 0.539. The normalized spacial score (nSPS) is 12.7.